The zero-order valence-corrected chi connectivity index (χ0v) is 10.8. The molecule has 0 radical (unpaired) electrons. The Bertz CT molecular complexity index is 97.3. The van der Waals surface area contributed by atoms with Crippen LogP contribution in [0.3, 0.4) is 0 Å². The first-order chi connectivity index (χ1) is 6.00. The van der Waals surface area contributed by atoms with Crippen molar-refractivity contribution in [1.29, 1.82) is 31.6 Å². The monoisotopic (exact) mass is 276 g/mol. The minimum absolute atomic E-state index is 0. The van der Waals surface area contributed by atoms with Crippen LogP contribution < -0.4 is 0 Å². The van der Waals surface area contributed by atoms with Crippen LogP contribution in [0.4, 0.5) is 0 Å². The van der Waals surface area contributed by atoms with Gasteiger partial charge in [0.2, 0.25) is 0 Å². The summed E-state index contributed by atoms with van der Waals surface area (Å²) in [4.78, 5) is 0. The Balaban J connectivity index is -0.00000000500. The summed E-state index contributed by atoms with van der Waals surface area (Å²) >= 11 is 0. The van der Waals surface area contributed by atoms with Crippen LogP contribution in [0.5, 0.6) is 0 Å². The minimum atomic E-state index is 0. The van der Waals surface area contributed by atoms with Gasteiger partial charge < -0.3 is 71.0 Å². The molecule has 8 heteroatoms. The molecule has 0 saturated carbocycles. The van der Waals surface area contributed by atoms with Gasteiger partial charge in [-0.25, -0.2) is 0 Å². The molecule has 0 rings (SSSR count). The fraction of sp³-hybridized carbons (Fsp3) is 0. The Hall–Kier alpha value is -1.92. The van der Waals surface area contributed by atoms with Gasteiger partial charge in [-0.1, -0.05) is 0 Å². The molecule has 0 amide bonds. The molecular weight excluding hydrogens is 277 g/mol. The van der Waals surface area contributed by atoms with Gasteiger partial charge in [0.1, 0.15) is 0 Å². The van der Waals surface area contributed by atoms with E-state index in [1.165, 1.54) is 0 Å². The van der Waals surface area contributed by atoms with Gasteiger partial charge in [0.05, 0.1) is 0 Å². The van der Waals surface area contributed by atoms with E-state index in [-0.39, 0.29) is 36.5 Å². The fourth-order valence-electron chi connectivity index (χ4n) is 0. The number of hydrogen-bond acceptors (Lipinski definition) is 6. The van der Waals surface area contributed by atoms with Crippen molar-refractivity contribution in [2.24, 2.45) is 0 Å². The largest absolute Gasteiger partial charge is 6.00 e. The molecule has 0 aliphatic heterocycles. The van der Waals surface area contributed by atoms with E-state index in [0.29, 0.717) is 0 Å². The molecule has 6 nitrogen and oxygen atoms in total. The third-order valence-corrected chi connectivity index (χ3v) is 0. The molecular formula is C6FeN6Zn+2. The van der Waals surface area contributed by atoms with E-state index in [4.69, 9.17) is 71.0 Å². The predicted molar refractivity (Wildman–Crippen MR) is 29.8 cm³/mol. The Labute approximate surface area is 107 Å². The molecule has 0 saturated heterocycles. The smallest absolute Gasteiger partial charge is 0.512 e. The minimum Gasteiger partial charge on any atom is -0.512 e. The molecule has 0 aromatic rings. The Morgan fingerprint density at radius 2 is 0.357 bits per heavy atom. The summed E-state index contributed by atoms with van der Waals surface area (Å²) < 4.78 is 0. The van der Waals surface area contributed by atoms with Crippen LogP contribution in [0.2, 0.25) is 0 Å². The topological polar surface area (TPSA) is 143 Å². The predicted octanol–water partition coefficient (Wildman–Crippen LogP) is 0.573. The van der Waals surface area contributed by atoms with Gasteiger partial charge >= 0.3 is 36.5 Å². The van der Waals surface area contributed by atoms with E-state index in [0.717, 1.165) is 0 Å². The average molecular weight is 277 g/mol. The first-order valence-electron chi connectivity index (χ1n) is 1.34. The molecule has 0 spiro atoms. The second kappa shape index (κ2) is 307. The summed E-state index contributed by atoms with van der Waals surface area (Å²) in [5.41, 5.74) is 0. The number of hydrogen-bond donors (Lipinski definition) is 0. The maximum Gasteiger partial charge on any atom is 6.00 e. The van der Waals surface area contributed by atoms with E-state index in [1.54, 1.807) is 0 Å². The molecule has 0 aromatic carbocycles. The summed E-state index contributed by atoms with van der Waals surface area (Å²) in [7, 11) is 0. The summed E-state index contributed by atoms with van der Waals surface area (Å²) in [6.07, 6.45) is 0. The summed E-state index contributed by atoms with van der Waals surface area (Å²) in [6, 6.07) is 0. The van der Waals surface area contributed by atoms with Gasteiger partial charge in [0.25, 0.3) is 0 Å². The average Bonchev–Trinajstić information content (AvgIpc) is 2.33. The van der Waals surface area contributed by atoms with Gasteiger partial charge in [-0.15, -0.1) is 0 Å². The number of rotatable bonds is 0. The molecule has 0 heterocycles. The molecule has 0 N–H and O–H groups in total. The summed E-state index contributed by atoms with van der Waals surface area (Å²) in [5, 5.41) is 37.5. The summed E-state index contributed by atoms with van der Waals surface area (Å²) in [5.74, 6) is 0. The first kappa shape index (κ1) is 89.0. The van der Waals surface area contributed by atoms with Crippen molar-refractivity contribution in [3.05, 3.63) is 39.4 Å². The van der Waals surface area contributed by atoms with Crippen LogP contribution in [-0.2, 0) is 36.5 Å². The van der Waals surface area contributed by atoms with Crippen LogP contribution in [0.1, 0.15) is 0 Å². The van der Waals surface area contributed by atoms with Crippen LogP contribution in [0, 0.1) is 71.0 Å². The van der Waals surface area contributed by atoms with Crippen molar-refractivity contribution < 1.29 is 36.5 Å². The Morgan fingerprint density at radius 1 is 0.357 bits per heavy atom. The maximum absolute atomic E-state index is 6.25. The van der Waals surface area contributed by atoms with Gasteiger partial charge in [0, 0.05) is 0 Å². The third-order valence-electron chi connectivity index (χ3n) is 0. The second-order valence-electron chi connectivity index (χ2n) is 0. The molecule has 0 atom stereocenters. The molecule has 0 unspecified atom stereocenters. The van der Waals surface area contributed by atoms with E-state index >= 15 is 0 Å². The van der Waals surface area contributed by atoms with E-state index in [9.17, 15) is 0 Å². The summed E-state index contributed by atoms with van der Waals surface area (Å²) in [6.45, 7) is 28.5. The number of nitrogens with zero attached hydrogens (tertiary/aromatic N) is 6. The Kier molecular flexibility index (Phi) is 1950. The van der Waals surface area contributed by atoms with Crippen molar-refractivity contribution >= 4 is 0 Å². The van der Waals surface area contributed by atoms with Crippen molar-refractivity contribution in [3.63, 3.8) is 0 Å². The quantitative estimate of drug-likeness (QED) is 0.467. The molecule has 62 valence electrons. The SMILES string of the molecule is [C-]#N.[C-]#N.[C-]#N.[C-]#N.[C-]#N.[C-]#N.[Fe+6].[Zn+2]. The van der Waals surface area contributed by atoms with Crippen molar-refractivity contribution in [2.45, 2.75) is 0 Å². The van der Waals surface area contributed by atoms with Crippen LogP contribution in [-0.4, -0.2) is 0 Å². The normalized spacial score (nSPS) is 0.857. The van der Waals surface area contributed by atoms with Gasteiger partial charge in [-0.3, -0.25) is 0 Å². The van der Waals surface area contributed by atoms with Gasteiger partial charge in [0.15, 0.2) is 0 Å². The third kappa shape index (κ3) is 226. The van der Waals surface area contributed by atoms with Crippen molar-refractivity contribution in [1.82, 2.24) is 0 Å². The van der Waals surface area contributed by atoms with Crippen molar-refractivity contribution in [3.8, 4) is 0 Å². The van der Waals surface area contributed by atoms with Crippen molar-refractivity contribution in [2.75, 3.05) is 0 Å². The molecule has 0 aromatic heterocycles. The van der Waals surface area contributed by atoms with E-state index in [2.05, 4.69) is 0 Å². The van der Waals surface area contributed by atoms with Crippen LogP contribution in [0.15, 0.2) is 0 Å². The molecule has 0 aliphatic rings. The first-order valence-corrected chi connectivity index (χ1v) is 1.34. The zero-order chi connectivity index (χ0) is 12.0. The molecule has 0 bridgehead atoms. The molecule has 14 heavy (non-hydrogen) atoms. The second-order valence-corrected chi connectivity index (χ2v) is 0. The molecule has 0 aliphatic carbocycles. The fourth-order valence-corrected chi connectivity index (χ4v) is 0. The van der Waals surface area contributed by atoms with Crippen LogP contribution >= 0.6 is 0 Å². The standard InChI is InChI=1S/6CN.Fe.Zn/c6*1-2;;/q6*-1;+6;+2. The zero-order valence-electron chi connectivity index (χ0n) is 6.74. The van der Waals surface area contributed by atoms with E-state index in [1.807, 2.05) is 0 Å². The Morgan fingerprint density at radius 3 is 0.357 bits per heavy atom. The van der Waals surface area contributed by atoms with E-state index < -0.39 is 0 Å². The van der Waals surface area contributed by atoms with Crippen LogP contribution in [0.25, 0.3) is 0 Å². The van der Waals surface area contributed by atoms with Gasteiger partial charge in [-0.2, -0.15) is 0 Å². The molecule has 0 fully saturated rings. The van der Waals surface area contributed by atoms with Gasteiger partial charge in [-0.05, 0) is 0 Å². The maximum atomic E-state index is 6.25.